The summed E-state index contributed by atoms with van der Waals surface area (Å²) in [6.45, 7) is 1.30. The maximum Gasteiger partial charge on any atom is 0.0598 e. The number of nitrogen functional groups attached to an aromatic ring is 1. The summed E-state index contributed by atoms with van der Waals surface area (Å²) >= 11 is 3.40. The zero-order valence-corrected chi connectivity index (χ0v) is 11.9. The van der Waals surface area contributed by atoms with E-state index in [4.69, 9.17) is 10.8 Å². The number of aliphatic hydroxyl groups is 1. The first-order valence-corrected chi connectivity index (χ1v) is 6.81. The molecule has 0 saturated carbocycles. The molecule has 17 heavy (non-hydrogen) atoms. The Balaban J connectivity index is 2.38. The van der Waals surface area contributed by atoms with Crippen molar-refractivity contribution in [3.05, 3.63) is 22.7 Å². The van der Waals surface area contributed by atoms with Crippen molar-refractivity contribution in [1.29, 1.82) is 0 Å². The number of aliphatic hydroxyl groups excluding tert-OH is 1. The molecule has 4 heteroatoms. The predicted octanol–water partition coefficient (Wildman–Crippen LogP) is 3.02. The molecule has 0 heterocycles. The molecule has 0 radical (unpaired) electrons. The van der Waals surface area contributed by atoms with Gasteiger partial charge in [-0.05, 0) is 31.0 Å². The maximum atomic E-state index is 8.68. The van der Waals surface area contributed by atoms with Crippen molar-refractivity contribution in [3.63, 3.8) is 0 Å². The van der Waals surface area contributed by atoms with Crippen LogP contribution in [0.2, 0.25) is 0 Å². The van der Waals surface area contributed by atoms with E-state index in [9.17, 15) is 0 Å². The highest BCUT2D eigenvalue weighted by Gasteiger charge is 2.05. The third-order valence-electron chi connectivity index (χ3n) is 2.80. The Hall–Kier alpha value is -0.740. The fourth-order valence-corrected chi connectivity index (χ4v) is 2.19. The summed E-state index contributed by atoms with van der Waals surface area (Å²) in [6, 6.07) is 5.97. The summed E-state index contributed by atoms with van der Waals surface area (Å²) in [5, 5.41) is 8.68. The molecule has 3 nitrogen and oxygen atoms in total. The van der Waals surface area contributed by atoms with Crippen LogP contribution in [-0.4, -0.2) is 25.3 Å². The van der Waals surface area contributed by atoms with Gasteiger partial charge in [0.15, 0.2) is 0 Å². The lowest BCUT2D eigenvalue weighted by atomic mass is 10.2. The molecule has 1 aromatic rings. The smallest absolute Gasteiger partial charge is 0.0598 e. The van der Waals surface area contributed by atoms with E-state index >= 15 is 0 Å². The highest BCUT2D eigenvalue weighted by Crippen LogP contribution is 2.26. The zero-order chi connectivity index (χ0) is 12.7. The standard InChI is InChI=1S/C13H21BrN2O/c1-16(8-4-2-3-5-9-17)13-7-6-11(14)10-12(13)15/h6-7,10,17H,2-5,8-9,15H2,1H3. The normalized spacial score (nSPS) is 10.5. The fourth-order valence-electron chi connectivity index (χ4n) is 1.81. The lowest BCUT2D eigenvalue weighted by Gasteiger charge is -2.21. The van der Waals surface area contributed by atoms with E-state index in [0.717, 1.165) is 48.1 Å². The molecule has 0 spiro atoms. The molecular weight excluding hydrogens is 280 g/mol. The number of anilines is 2. The molecule has 0 aliphatic heterocycles. The second-order valence-electron chi connectivity index (χ2n) is 4.26. The third-order valence-corrected chi connectivity index (χ3v) is 3.30. The number of benzene rings is 1. The van der Waals surface area contributed by atoms with Crippen LogP contribution in [-0.2, 0) is 0 Å². The summed E-state index contributed by atoms with van der Waals surface area (Å²) in [4.78, 5) is 2.18. The lowest BCUT2D eigenvalue weighted by molar-refractivity contribution is 0.282. The van der Waals surface area contributed by atoms with Crippen molar-refractivity contribution in [1.82, 2.24) is 0 Å². The quantitative estimate of drug-likeness (QED) is 0.601. The average molecular weight is 301 g/mol. The van der Waals surface area contributed by atoms with Crippen LogP contribution in [0.1, 0.15) is 25.7 Å². The number of nitrogens with two attached hydrogens (primary N) is 1. The molecule has 3 N–H and O–H groups in total. The van der Waals surface area contributed by atoms with Crippen LogP contribution in [0, 0.1) is 0 Å². The number of unbranched alkanes of at least 4 members (excludes halogenated alkanes) is 3. The second-order valence-corrected chi connectivity index (χ2v) is 5.18. The van der Waals surface area contributed by atoms with E-state index < -0.39 is 0 Å². The van der Waals surface area contributed by atoms with Crippen molar-refractivity contribution in [2.24, 2.45) is 0 Å². The topological polar surface area (TPSA) is 49.5 Å². The number of hydrogen-bond donors (Lipinski definition) is 2. The molecule has 0 atom stereocenters. The van der Waals surface area contributed by atoms with Gasteiger partial charge >= 0.3 is 0 Å². The van der Waals surface area contributed by atoms with Crippen LogP contribution in [0.3, 0.4) is 0 Å². The van der Waals surface area contributed by atoms with E-state index in [1.165, 1.54) is 0 Å². The minimum absolute atomic E-state index is 0.301. The van der Waals surface area contributed by atoms with Gasteiger partial charge in [0.05, 0.1) is 11.4 Å². The molecule has 0 unspecified atom stereocenters. The molecule has 0 bridgehead atoms. The van der Waals surface area contributed by atoms with Gasteiger partial charge in [-0.1, -0.05) is 28.8 Å². The Morgan fingerprint density at radius 3 is 2.59 bits per heavy atom. The molecule has 0 aliphatic rings. The molecule has 1 aromatic carbocycles. The van der Waals surface area contributed by atoms with Gasteiger partial charge in [0.1, 0.15) is 0 Å². The van der Waals surface area contributed by atoms with Gasteiger partial charge in [-0.3, -0.25) is 0 Å². The van der Waals surface area contributed by atoms with Crippen molar-refractivity contribution >= 4 is 27.3 Å². The van der Waals surface area contributed by atoms with Gasteiger partial charge in [-0.25, -0.2) is 0 Å². The molecule has 1 rings (SSSR count). The number of hydrogen-bond acceptors (Lipinski definition) is 3. The molecule has 96 valence electrons. The molecule has 0 fully saturated rings. The van der Waals surface area contributed by atoms with Crippen LogP contribution in [0.5, 0.6) is 0 Å². The monoisotopic (exact) mass is 300 g/mol. The summed E-state index contributed by atoms with van der Waals surface area (Å²) in [6.07, 6.45) is 4.29. The first kappa shape index (κ1) is 14.3. The Morgan fingerprint density at radius 2 is 1.94 bits per heavy atom. The van der Waals surface area contributed by atoms with Gasteiger partial charge in [0.25, 0.3) is 0 Å². The van der Waals surface area contributed by atoms with Crippen LogP contribution >= 0.6 is 15.9 Å². The van der Waals surface area contributed by atoms with Crippen molar-refractivity contribution in [3.8, 4) is 0 Å². The molecular formula is C13H21BrN2O. The Morgan fingerprint density at radius 1 is 1.24 bits per heavy atom. The van der Waals surface area contributed by atoms with Crippen LogP contribution in [0.25, 0.3) is 0 Å². The zero-order valence-electron chi connectivity index (χ0n) is 10.3. The van der Waals surface area contributed by atoms with Crippen LogP contribution < -0.4 is 10.6 Å². The lowest BCUT2D eigenvalue weighted by Crippen LogP contribution is -2.19. The molecule has 0 aromatic heterocycles. The average Bonchev–Trinajstić information content (AvgIpc) is 2.28. The highest BCUT2D eigenvalue weighted by atomic mass is 79.9. The molecule has 0 amide bonds. The number of rotatable bonds is 7. The predicted molar refractivity (Wildman–Crippen MR) is 77.4 cm³/mol. The van der Waals surface area contributed by atoms with E-state index in [0.29, 0.717) is 6.61 Å². The minimum atomic E-state index is 0.301. The maximum absolute atomic E-state index is 8.68. The summed E-state index contributed by atoms with van der Waals surface area (Å²) in [5.41, 5.74) is 7.85. The minimum Gasteiger partial charge on any atom is -0.397 e. The number of nitrogens with zero attached hydrogens (tertiary/aromatic N) is 1. The Labute approximate surface area is 112 Å². The van der Waals surface area contributed by atoms with Crippen molar-refractivity contribution < 1.29 is 5.11 Å². The SMILES string of the molecule is CN(CCCCCCO)c1ccc(Br)cc1N. The van der Waals surface area contributed by atoms with Gasteiger partial charge < -0.3 is 15.7 Å². The first-order valence-electron chi connectivity index (χ1n) is 6.02. The fraction of sp³-hybridized carbons (Fsp3) is 0.538. The van der Waals surface area contributed by atoms with E-state index in [2.05, 4.69) is 27.9 Å². The van der Waals surface area contributed by atoms with Gasteiger partial charge in [-0.15, -0.1) is 0 Å². The van der Waals surface area contributed by atoms with Gasteiger partial charge in [-0.2, -0.15) is 0 Å². The van der Waals surface area contributed by atoms with E-state index in [1.54, 1.807) is 0 Å². The van der Waals surface area contributed by atoms with Crippen molar-refractivity contribution in [2.45, 2.75) is 25.7 Å². The molecule has 0 saturated heterocycles. The van der Waals surface area contributed by atoms with Crippen LogP contribution in [0.4, 0.5) is 11.4 Å². The van der Waals surface area contributed by atoms with Crippen LogP contribution in [0.15, 0.2) is 22.7 Å². The highest BCUT2D eigenvalue weighted by molar-refractivity contribution is 9.10. The summed E-state index contributed by atoms with van der Waals surface area (Å²) in [5.74, 6) is 0. The van der Waals surface area contributed by atoms with Crippen molar-refractivity contribution in [2.75, 3.05) is 30.8 Å². The Kier molecular flexibility index (Phi) is 6.37. The van der Waals surface area contributed by atoms with Gasteiger partial charge in [0.2, 0.25) is 0 Å². The number of halogens is 1. The van der Waals surface area contributed by atoms with Gasteiger partial charge in [0, 0.05) is 24.7 Å². The van der Waals surface area contributed by atoms with E-state index in [-0.39, 0.29) is 0 Å². The second kappa shape index (κ2) is 7.56. The summed E-state index contributed by atoms with van der Waals surface area (Å²) < 4.78 is 1.01. The largest absolute Gasteiger partial charge is 0.397 e. The first-order chi connectivity index (χ1) is 8.15. The van der Waals surface area contributed by atoms with E-state index in [1.807, 2.05) is 18.2 Å². The molecule has 0 aliphatic carbocycles. The Bertz CT molecular complexity index is 344. The third kappa shape index (κ3) is 4.96. The summed E-state index contributed by atoms with van der Waals surface area (Å²) in [7, 11) is 2.06.